The Hall–Kier alpha value is -0.900. The van der Waals surface area contributed by atoms with Gasteiger partial charge in [0.1, 0.15) is 0 Å². The first kappa shape index (κ1) is 8.20. The molecule has 0 spiro atoms. The van der Waals surface area contributed by atoms with E-state index in [0.29, 0.717) is 26.3 Å². The van der Waals surface area contributed by atoms with Gasteiger partial charge in [-0.1, -0.05) is 0 Å². The van der Waals surface area contributed by atoms with Gasteiger partial charge in [0.2, 0.25) is 0 Å². The summed E-state index contributed by atoms with van der Waals surface area (Å²) in [6.45, 7) is 2.66. The third kappa shape index (κ3) is 2.31. The number of hydrogen-bond acceptors (Lipinski definition) is 3. The molecule has 0 aliphatic carbocycles. The lowest BCUT2D eigenvalue weighted by atomic mass is 10.4. The third-order valence-electron chi connectivity index (χ3n) is 1.56. The molecule has 4 heteroatoms. The van der Waals surface area contributed by atoms with Crippen molar-refractivity contribution in [3.8, 4) is 0 Å². The Morgan fingerprint density at radius 2 is 2.18 bits per heavy atom. The molecule has 0 radical (unpaired) electrons. The van der Waals surface area contributed by atoms with Crippen LogP contribution in [0.3, 0.4) is 0 Å². The molecule has 1 rings (SSSR count). The van der Waals surface area contributed by atoms with Crippen LogP contribution >= 0.6 is 0 Å². The third-order valence-corrected chi connectivity index (χ3v) is 1.56. The number of rotatable bonds is 1. The Morgan fingerprint density at radius 1 is 1.55 bits per heavy atom. The molecular weight excluding hydrogens is 144 g/mol. The predicted octanol–water partition coefficient (Wildman–Crippen LogP) is -0.454. The molecule has 1 heterocycles. The van der Waals surface area contributed by atoms with Crippen LogP contribution in [0, 0.1) is 0 Å². The minimum Gasteiger partial charge on any atom is -0.378 e. The summed E-state index contributed by atoms with van der Waals surface area (Å²) in [5.41, 5.74) is 0. The zero-order valence-corrected chi connectivity index (χ0v) is 6.62. The van der Waals surface area contributed by atoms with Crippen molar-refractivity contribution in [1.29, 1.82) is 0 Å². The summed E-state index contributed by atoms with van der Waals surface area (Å²) in [5.74, 6) is -0.0178. The fraction of sp³-hybridized carbons (Fsp3) is 0.714. The van der Waals surface area contributed by atoms with E-state index in [1.54, 1.807) is 11.9 Å². The van der Waals surface area contributed by atoms with Crippen molar-refractivity contribution in [2.24, 2.45) is 4.99 Å². The largest absolute Gasteiger partial charge is 0.378 e. The van der Waals surface area contributed by atoms with Crippen molar-refractivity contribution < 1.29 is 9.53 Å². The number of nitrogens with zero attached hydrogens (tertiary/aromatic N) is 2. The summed E-state index contributed by atoms with van der Waals surface area (Å²) >= 11 is 0. The first-order chi connectivity index (χ1) is 5.34. The number of aliphatic imine (C=N–C) groups is 1. The summed E-state index contributed by atoms with van der Waals surface area (Å²) in [4.78, 5) is 16.5. The number of morpholine rings is 1. The Morgan fingerprint density at radius 3 is 2.73 bits per heavy atom. The van der Waals surface area contributed by atoms with Crippen LogP contribution in [-0.2, 0) is 9.53 Å². The lowest BCUT2D eigenvalue weighted by Gasteiger charge is -2.25. The molecule has 0 aromatic heterocycles. The van der Waals surface area contributed by atoms with Gasteiger partial charge >= 0.3 is 0 Å². The van der Waals surface area contributed by atoms with Gasteiger partial charge in [-0.15, -0.1) is 0 Å². The zero-order chi connectivity index (χ0) is 8.10. The number of hydrogen-bond donors (Lipinski definition) is 0. The molecule has 0 N–H and O–H groups in total. The van der Waals surface area contributed by atoms with Crippen molar-refractivity contribution in [2.45, 2.75) is 0 Å². The SMILES string of the molecule is CN=CC(=O)N1CCOCC1. The van der Waals surface area contributed by atoms with Crippen LogP contribution in [0.5, 0.6) is 0 Å². The van der Waals surface area contributed by atoms with E-state index in [9.17, 15) is 4.79 Å². The summed E-state index contributed by atoms with van der Waals surface area (Å²) in [5, 5.41) is 0. The van der Waals surface area contributed by atoms with Gasteiger partial charge in [0.15, 0.2) is 0 Å². The molecule has 1 aliphatic heterocycles. The summed E-state index contributed by atoms with van der Waals surface area (Å²) in [6, 6.07) is 0. The van der Waals surface area contributed by atoms with Gasteiger partial charge < -0.3 is 9.64 Å². The first-order valence-corrected chi connectivity index (χ1v) is 3.63. The second-order valence-corrected chi connectivity index (χ2v) is 2.32. The second-order valence-electron chi connectivity index (χ2n) is 2.32. The Labute approximate surface area is 65.9 Å². The number of ether oxygens (including phenoxy) is 1. The molecule has 0 aromatic carbocycles. The van der Waals surface area contributed by atoms with E-state index < -0.39 is 0 Å². The second kappa shape index (κ2) is 4.08. The highest BCUT2D eigenvalue weighted by Crippen LogP contribution is 1.95. The average Bonchev–Trinajstić information content (AvgIpc) is 2.07. The van der Waals surface area contributed by atoms with Crippen LogP contribution in [0.1, 0.15) is 0 Å². The maximum absolute atomic E-state index is 11.1. The summed E-state index contributed by atoms with van der Waals surface area (Å²) in [7, 11) is 1.60. The van der Waals surface area contributed by atoms with Crippen LogP contribution in [0.25, 0.3) is 0 Å². The highest BCUT2D eigenvalue weighted by Gasteiger charge is 2.13. The standard InChI is InChI=1S/C7H12N2O2/c1-8-6-7(10)9-2-4-11-5-3-9/h6H,2-5H2,1H3. The van der Waals surface area contributed by atoms with Crippen molar-refractivity contribution in [1.82, 2.24) is 4.90 Å². The van der Waals surface area contributed by atoms with Crippen molar-refractivity contribution >= 4 is 12.1 Å². The van der Waals surface area contributed by atoms with E-state index in [1.165, 1.54) is 6.21 Å². The van der Waals surface area contributed by atoms with Crippen molar-refractivity contribution in [3.63, 3.8) is 0 Å². The monoisotopic (exact) mass is 156 g/mol. The van der Waals surface area contributed by atoms with Crippen LogP contribution in [0.2, 0.25) is 0 Å². The van der Waals surface area contributed by atoms with Gasteiger partial charge in [0, 0.05) is 20.1 Å². The molecule has 0 bridgehead atoms. The maximum Gasteiger partial charge on any atom is 0.264 e. The van der Waals surface area contributed by atoms with Crippen LogP contribution in [0.15, 0.2) is 4.99 Å². The molecule has 4 nitrogen and oxygen atoms in total. The number of amides is 1. The highest BCUT2D eigenvalue weighted by molar-refractivity contribution is 6.26. The molecule has 1 amide bonds. The molecule has 1 fully saturated rings. The maximum atomic E-state index is 11.1. The molecule has 0 unspecified atom stereocenters. The van der Waals surface area contributed by atoms with Gasteiger partial charge in [0.25, 0.3) is 5.91 Å². The highest BCUT2D eigenvalue weighted by atomic mass is 16.5. The molecule has 0 saturated carbocycles. The molecule has 62 valence electrons. The minimum absolute atomic E-state index is 0.0178. The molecule has 0 aromatic rings. The molecule has 1 aliphatic rings. The Bertz CT molecular complexity index is 162. The first-order valence-electron chi connectivity index (χ1n) is 3.63. The van der Waals surface area contributed by atoms with Gasteiger partial charge in [0.05, 0.1) is 19.4 Å². The summed E-state index contributed by atoms with van der Waals surface area (Å²) in [6.07, 6.45) is 1.34. The van der Waals surface area contributed by atoms with Crippen molar-refractivity contribution in [2.75, 3.05) is 33.4 Å². The van der Waals surface area contributed by atoms with Gasteiger partial charge in [-0.3, -0.25) is 9.79 Å². The van der Waals surface area contributed by atoms with Crippen LogP contribution in [-0.4, -0.2) is 50.4 Å². The van der Waals surface area contributed by atoms with E-state index >= 15 is 0 Å². The summed E-state index contributed by atoms with van der Waals surface area (Å²) < 4.78 is 5.09. The number of carbonyl (C=O) groups is 1. The minimum atomic E-state index is -0.0178. The number of carbonyl (C=O) groups excluding carboxylic acids is 1. The van der Waals surface area contributed by atoms with E-state index in [2.05, 4.69) is 4.99 Å². The molecule has 11 heavy (non-hydrogen) atoms. The van der Waals surface area contributed by atoms with Gasteiger partial charge in [-0.05, 0) is 0 Å². The van der Waals surface area contributed by atoms with E-state index in [-0.39, 0.29) is 5.91 Å². The lowest BCUT2D eigenvalue weighted by Crippen LogP contribution is -2.41. The smallest absolute Gasteiger partial charge is 0.264 e. The molecular formula is C7H12N2O2. The Balaban J connectivity index is 2.38. The fourth-order valence-electron chi connectivity index (χ4n) is 0.976. The topological polar surface area (TPSA) is 41.9 Å². The molecule has 0 atom stereocenters. The molecule has 1 saturated heterocycles. The van der Waals surface area contributed by atoms with E-state index in [1.807, 2.05) is 0 Å². The van der Waals surface area contributed by atoms with E-state index in [0.717, 1.165) is 0 Å². The average molecular weight is 156 g/mol. The van der Waals surface area contributed by atoms with Gasteiger partial charge in [-0.25, -0.2) is 0 Å². The van der Waals surface area contributed by atoms with Crippen LogP contribution in [0.4, 0.5) is 0 Å². The zero-order valence-electron chi connectivity index (χ0n) is 6.62. The predicted molar refractivity (Wildman–Crippen MR) is 41.8 cm³/mol. The fourth-order valence-corrected chi connectivity index (χ4v) is 0.976. The Kier molecular flexibility index (Phi) is 3.04. The normalized spacial score (nSPS) is 19.2. The quantitative estimate of drug-likeness (QED) is 0.482. The van der Waals surface area contributed by atoms with Crippen molar-refractivity contribution in [3.05, 3.63) is 0 Å². The van der Waals surface area contributed by atoms with E-state index in [4.69, 9.17) is 4.74 Å². The lowest BCUT2D eigenvalue weighted by molar-refractivity contribution is -0.127. The van der Waals surface area contributed by atoms with Gasteiger partial charge in [-0.2, -0.15) is 0 Å². The van der Waals surface area contributed by atoms with Crippen LogP contribution < -0.4 is 0 Å².